The first-order valence-electron chi connectivity index (χ1n) is 6.66. The van der Waals surface area contributed by atoms with Gasteiger partial charge in [-0.05, 0) is 57.0 Å². The van der Waals surface area contributed by atoms with E-state index in [1.54, 1.807) is 0 Å². The molecule has 0 unspecified atom stereocenters. The van der Waals surface area contributed by atoms with Gasteiger partial charge in [-0.1, -0.05) is 26.2 Å². The van der Waals surface area contributed by atoms with Gasteiger partial charge in [-0.15, -0.1) is 0 Å². The van der Waals surface area contributed by atoms with Gasteiger partial charge in [0.2, 0.25) is 0 Å². The molecular formula is C13H27NS. The van der Waals surface area contributed by atoms with Gasteiger partial charge in [-0.25, -0.2) is 0 Å². The third kappa shape index (κ3) is 8.15. The largest absolute Gasteiger partial charge is 0.303 e. The van der Waals surface area contributed by atoms with Gasteiger partial charge in [0, 0.05) is 0 Å². The highest BCUT2D eigenvalue weighted by molar-refractivity contribution is 7.80. The SMILES string of the molecule is CC1CC1.SCCCCN1CCCCC1. The summed E-state index contributed by atoms with van der Waals surface area (Å²) in [5.74, 6) is 2.13. The monoisotopic (exact) mass is 229 g/mol. The van der Waals surface area contributed by atoms with Crippen LogP contribution in [-0.4, -0.2) is 30.3 Å². The van der Waals surface area contributed by atoms with E-state index in [2.05, 4.69) is 24.5 Å². The van der Waals surface area contributed by atoms with Crippen molar-refractivity contribution in [1.29, 1.82) is 0 Å². The van der Waals surface area contributed by atoms with Crippen LogP contribution in [0.3, 0.4) is 0 Å². The lowest BCUT2D eigenvalue weighted by Crippen LogP contribution is -2.30. The van der Waals surface area contributed by atoms with Crippen LogP contribution in [0.2, 0.25) is 0 Å². The Morgan fingerprint density at radius 1 is 1.07 bits per heavy atom. The molecule has 0 aromatic carbocycles. The van der Waals surface area contributed by atoms with Gasteiger partial charge >= 0.3 is 0 Å². The zero-order valence-electron chi connectivity index (χ0n) is 10.2. The molecule has 2 fully saturated rings. The van der Waals surface area contributed by atoms with Crippen molar-refractivity contribution in [1.82, 2.24) is 4.90 Å². The minimum atomic E-state index is 1.05. The van der Waals surface area contributed by atoms with Crippen LogP contribution in [0.25, 0.3) is 0 Å². The van der Waals surface area contributed by atoms with Crippen LogP contribution in [0.4, 0.5) is 0 Å². The summed E-state index contributed by atoms with van der Waals surface area (Å²) < 4.78 is 0. The molecule has 2 rings (SSSR count). The Morgan fingerprint density at radius 2 is 1.67 bits per heavy atom. The van der Waals surface area contributed by atoms with Crippen LogP contribution in [0.5, 0.6) is 0 Å². The van der Waals surface area contributed by atoms with E-state index in [1.807, 2.05) is 0 Å². The van der Waals surface area contributed by atoms with Gasteiger partial charge in [0.25, 0.3) is 0 Å². The molecule has 0 N–H and O–H groups in total. The number of thiol groups is 1. The summed E-state index contributed by atoms with van der Waals surface area (Å²) in [4.78, 5) is 2.59. The number of unbranched alkanes of at least 4 members (excludes halogenated alkanes) is 1. The number of nitrogens with zero attached hydrogens (tertiary/aromatic N) is 1. The molecule has 0 bridgehead atoms. The van der Waals surface area contributed by atoms with Crippen molar-refractivity contribution in [3.8, 4) is 0 Å². The molecule has 1 saturated carbocycles. The van der Waals surface area contributed by atoms with Crippen molar-refractivity contribution in [3.05, 3.63) is 0 Å². The molecular weight excluding hydrogens is 202 g/mol. The second-order valence-electron chi connectivity index (χ2n) is 5.02. The molecule has 2 heteroatoms. The first-order valence-corrected chi connectivity index (χ1v) is 7.29. The molecule has 1 nitrogen and oxygen atoms in total. The number of rotatable bonds is 4. The lowest BCUT2D eigenvalue weighted by Gasteiger charge is -2.26. The summed E-state index contributed by atoms with van der Waals surface area (Å²) in [6, 6.07) is 0. The van der Waals surface area contributed by atoms with Gasteiger partial charge in [-0.2, -0.15) is 12.6 Å². The molecule has 0 aromatic heterocycles. The second kappa shape index (κ2) is 8.46. The predicted octanol–water partition coefficient (Wildman–Crippen LogP) is 3.60. The van der Waals surface area contributed by atoms with E-state index in [1.165, 1.54) is 64.6 Å². The first-order chi connectivity index (χ1) is 7.33. The average Bonchev–Trinajstić information content (AvgIpc) is 3.04. The third-order valence-corrected chi connectivity index (χ3v) is 3.51. The van der Waals surface area contributed by atoms with Crippen LogP contribution >= 0.6 is 12.6 Å². The molecule has 0 spiro atoms. The number of piperidine rings is 1. The topological polar surface area (TPSA) is 3.24 Å². The number of hydrogen-bond acceptors (Lipinski definition) is 2. The highest BCUT2D eigenvalue weighted by atomic mass is 32.1. The fourth-order valence-electron chi connectivity index (χ4n) is 1.80. The zero-order valence-corrected chi connectivity index (χ0v) is 11.1. The highest BCUT2D eigenvalue weighted by Crippen LogP contribution is 2.26. The van der Waals surface area contributed by atoms with E-state index in [4.69, 9.17) is 0 Å². The van der Waals surface area contributed by atoms with E-state index >= 15 is 0 Å². The quantitative estimate of drug-likeness (QED) is 0.569. The Balaban J connectivity index is 0.000000234. The fourth-order valence-corrected chi connectivity index (χ4v) is 2.02. The Morgan fingerprint density at radius 3 is 2.13 bits per heavy atom. The van der Waals surface area contributed by atoms with E-state index in [0.717, 1.165) is 11.7 Å². The molecule has 1 saturated heterocycles. The molecule has 90 valence electrons. The Hall–Kier alpha value is 0.310. The van der Waals surface area contributed by atoms with Crippen molar-refractivity contribution < 1.29 is 0 Å². The smallest absolute Gasteiger partial charge is 0.00184 e. The summed E-state index contributed by atoms with van der Waals surface area (Å²) in [5.41, 5.74) is 0. The van der Waals surface area contributed by atoms with Crippen molar-refractivity contribution >= 4 is 12.6 Å². The molecule has 15 heavy (non-hydrogen) atoms. The second-order valence-corrected chi connectivity index (χ2v) is 5.46. The van der Waals surface area contributed by atoms with Crippen LogP contribution in [0.1, 0.15) is 51.9 Å². The van der Waals surface area contributed by atoms with Crippen LogP contribution < -0.4 is 0 Å². The third-order valence-electron chi connectivity index (χ3n) is 3.20. The highest BCUT2D eigenvalue weighted by Gasteiger charge is 2.12. The van der Waals surface area contributed by atoms with Gasteiger partial charge in [0.05, 0.1) is 0 Å². The molecule has 1 aliphatic heterocycles. The van der Waals surface area contributed by atoms with Crippen LogP contribution in [-0.2, 0) is 0 Å². The van der Waals surface area contributed by atoms with E-state index in [9.17, 15) is 0 Å². The van der Waals surface area contributed by atoms with Crippen LogP contribution in [0, 0.1) is 5.92 Å². The van der Waals surface area contributed by atoms with Crippen LogP contribution in [0.15, 0.2) is 0 Å². The van der Waals surface area contributed by atoms with Gasteiger partial charge in [0.15, 0.2) is 0 Å². The maximum atomic E-state index is 4.20. The Kier molecular flexibility index (Phi) is 7.54. The molecule has 0 amide bonds. The van der Waals surface area contributed by atoms with Gasteiger partial charge in [-0.3, -0.25) is 0 Å². The minimum Gasteiger partial charge on any atom is -0.303 e. The van der Waals surface area contributed by atoms with Gasteiger partial charge < -0.3 is 4.90 Å². The maximum Gasteiger partial charge on any atom is -0.00184 e. The number of hydrogen-bond donors (Lipinski definition) is 1. The zero-order chi connectivity index (χ0) is 10.9. The Labute approximate surface area is 101 Å². The summed E-state index contributed by atoms with van der Waals surface area (Å²) in [7, 11) is 0. The van der Waals surface area contributed by atoms with Gasteiger partial charge in [0.1, 0.15) is 0 Å². The maximum absolute atomic E-state index is 4.20. The fraction of sp³-hybridized carbons (Fsp3) is 1.00. The molecule has 1 heterocycles. The molecule has 0 atom stereocenters. The predicted molar refractivity (Wildman–Crippen MR) is 71.8 cm³/mol. The summed E-state index contributed by atoms with van der Waals surface area (Å²) in [6.07, 6.45) is 9.87. The molecule has 0 radical (unpaired) electrons. The first kappa shape index (κ1) is 13.4. The normalized spacial score (nSPS) is 22.0. The summed E-state index contributed by atoms with van der Waals surface area (Å²) in [5, 5.41) is 0. The average molecular weight is 229 g/mol. The number of likely N-dealkylation sites (tertiary alicyclic amines) is 1. The lowest BCUT2D eigenvalue weighted by molar-refractivity contribution is 0.226. The van der Waals surface area contributed by atoms with E-state index in [0.29, 0.717) is 0 Å². The Bertz CT molecular complexity index is 139. The van der Waals surface area contributed by atoms with E-state index < -0.39 is 0 Å². The van der Waals surface area contributed by atoms with Crippen molar-refractivity contribution in [2.24, 2.45) is 5.92 Å². The lowest BCUT2D eigenvalue weighted by atomic mass is 10.1. The van der Waals surface area contributed by atoms with Crippen molar-refractivity contribution in [3.63, 3.8) is 0 Å². The summed E-state index contributed by atoms with van der Waals surface area (Å²) in [6.45, 7) is 6.26. The molecule has 1 aliphatic carbocycles. The van der Waals surface area contributed by atoms with Crippen molar-refractivity contribution in [2.45, 2.75) is 51.9 Å². The standard InChI is InChI=1S/C9H19NS.C4H8/c11-9-5-4-8-10-6-2-1-3-7-10;1-4-2-3-4/h11H,1-9H2;4H,2-3H2,1H3. The van der Waals surface area contributed by atoms with Crippen molar-refractivity contribution in [2.75, 3.05) is 25.4 Å². The minimum absolute atomic E-state index is 1.05. The summed E-state index contributed by atoms with van der Waals surface area (Å²) >= 11 is 4.20. The molecule has 2 aliphatic rings. The molecule has 0 aromatic rings. The van der Waals surface area contributed by atoms with E-state index in [-0.39, 0.29) is 0 Å².